The first-order valence-electron chi connectivity index (χ1n) is 6.73. The number of anilines is 2. The Hall–Kier alpha value is -2.81. The molecular formula is C14H14N4O4S. The van der Waals surface area contributed by atoms with Crippen LogP contribution in [0.25, 0.3) is 0 Å². The molecule has 1 aliphatic heterocycles. The molecule has 0 saturated heterocycles. The summed E-state index contributed by atoms with van der Waals surface area (Å²) in [4.78, 5) is 27.6. The van der Waals surface area contributed by atoms with Crippen LogP contribution in [0, 0.1) is 0 Å². The quantitative estimate of drug-likeness (QED) is 0.756. The number of benzene rings is 1. The molecule has 1 aliphatic rings. The van der Waals surface area contributed by atoms with Crippen LogP contribution in [0.2, 0.25) is 0 Å². The predicted molar refractivity (Wildman–Crippen MR) is 85.1 cm³/mol. The van der Waals surface area contributed by atoms with Gasteiger partial charge < -0.3 is 25.8 Å². The number of nitrogens with two attached hydrogens (primary N) is 1. The molecule has 1 aromatic carbocycles. The van der Waals surface area contributed by atoms with Crippen LogP contribution in [0.4, 0.5) is 10.1 Å². The number of aromatic nitrogens is 1. The molecule has 0 unspecified atom stereocenters. The van der Waals surface area contributed by atoms with Crippen LogP contribution in [0.5, 0.6) is 11.5 Å². The van der Waals surface area contributed by atoms with E-state index in [1.807, 2.05) is 0 Å². The number of hydrogen-bond donors (Lipinski definition) is 3. The molecule has 0 atom stereocenters. The monoisotopic (exact) mass is 334 g/mol. The molecule has 8 nitrogen and oxygen atoms in total. The zero-order valence-corrected chi connectivity index (χ0v) is 13.0. The van der Waals surface area contributed by atoms with Crippen LogP contribution in [0.3, 0.4) is 0 Å². The van der Waals surface area contributed by atoms with Gasteiger partial charge in [0.15, 0.2) is 22.3 Å². The molecule has 0 fully saturated rings. The fourth-order valence-corrected chi connectivity index (χ4v) is 2.93. The van der Waals surface area contributed by atoms with Crippen molar-refractivity contribution in [3.05, 3.63) is 29.5 Å². The minimum atomic E-state index is -0.693. The molecule has 4 N–H and O–H groups in total. The summed E-state index contributed by atoms with van der Waals surface area (Å²) in [5, 5.41) is 6.30. The van der Waals surface area contributed by atoms with Crippen molar-refractivity contribution < 1.29 is 19.1 Å². The zero-order valence-electron chi connectivity index (χ0n) is 12.2. The van der Waals surface area contributed by atoms with Crippen LogP contribution in [-0.4, -0.2) is 30.6 Å². The lowest BCUT2D eigenvalue weighted by Gasteiger charge is -2.05. The number of thiazole rings is 1. The van der Waals surface area contributed by atoms with Gasteiger partial charge in [-0.05, 0) is 17.7 Å². The number of ether oxygens (including phenoxy) is 2. The van der Waals surface area contributed by atoms with Gasteiger partial charge in [-0.25, -0.2) is 4.98 Å². The topological polar surface area (TPSA) is 116 Å². The first-order chi connectivity index (χ1) is 11.1. The summed E-state index contributed by atoms with van der Waals surface area (Å²) in [6.07, 6.45) is 0.127. The highest BCUT2D eigenvalue weighted by Crippen LogP contribution is 2.33. The number of hydrogen-bond acceptors (Lipinski definition) is 7. The van der Waals surface area contributed by atoms with Gasteiger partial charge in [0.2, 0.25) is 12.7 Å². The third-order valence-electron chi connectivity index (χ3n) is 3.13. The number of rotatable bonds is 5. The maximum Gasteiger partial charge on any atom is 0.270 e. The normalized spacial score (nSPS) is 12.0. The lowest BCUT2D eigenvalue weighted by molar-refractivity contribution is -0.115. The van der Waals surface area contributed by atoms with E-state index in [0.717, 1.165) is 16.9 Å². The highest BCUT2D eigenvalue weighted by molar-refractivity contribution is 7.20. The number of nitrogens with zero attached hydrogens (tertiary/aromatic N) is 1. The molecule has 2 aromatic rings. The second kappa shape index (κ2) is 6.13. The maximum absolute atomic E-state index is 12.2. The van der Waals surface area contributed by atoms with Crippen LogP contribution in [-0.2, 0) is 11.2 Å². The van der Waals surface area contributed by atoms with Gasteiger partial charge in [-0.15, -0.1) is 0 Å². The molecule has 0 aliphatic carbocycles. The Morgan fingerprint density at radius 1 is 1.35 bits per heavy atom. The number of carbonyl (C=O) groups is 2. The van der Waals surface area contributed by atoms with Crippen LogP contribution >= 0.6 is 11.3 Å². The van der Waals surface area contributed by atoms with E-state index in [2.05, 4.69) is 15.6 Å². The van der Waals surface area contributed by atoms with Crippen molar-refractivity contribution in [3.8, 4) is 11.5 Å². The van der Waals surface area contributed by atoms with Gasteiger partial charge in [-0.3, -0.25) is 9.59 Å². The smallest absolute Gasteiger partial charge is 0.270 e. The van der Waals surface area contributed by atoms with Crippen molar-refractivity contribution in [1.29, 1.82) is 0 Å². The van der Waals surface area contributed by atoms with Crippen molar-refractivity contribution in [2.24, 2.45) is 5.73 Å². The molecule has 0 spiro atoms. The summed E-state index contributed by atoms with van der Waals surface area (Å²) >= 11 is 1.15. The SMILES string of the molecule is CNc1nc(C(N)=O)c(NC(=O)Cc2ccc3c(c2)OCO3)s1. The van der Waals surface area contributed by atoms with E-state index >= 15 is 0 Å². The Bertz CT molecular complexity index is 774. The van der Waals surface area contributed by atoms with E-state index < -0.39 is 5.91 Å². The van der Waals surface area contributed by atoms with E-state index in [4.69, 9.17) is 15.2 Å². The summed E-state index contributed by atoms with van der Waals surface area (Å²) in [5.41, 5.74) is 6.08. The van der Waals surface area contributed by atoms with Crippen LogP contribution in [0.15, 0.2) is 18.2 Å². The summed E-state index contributed by atoms with van der Waals surface area (Å²) in [6, 6.07) is 5.29. The van der Waals surface area contributed by atoms with Crippen molar-refractivity contribution >= 4 is 33.3 Å². The van der Waals surface area contributed by atoms with Gasteiger partial charge in [0.1, 0.15) is 5.00 Å². The van der Waals surface area contributed by atoms with Crippen molar-refractivity contribution in [3.63, 3.8) is 0 Å². The summed E-state index contributed by atoms with van der Waals surface area (Å²) in [6.45, 7) is 0.181. The predicted octanol–water partition coefficient (Wildman–Crippen LogP) is 1.19. The zero-order chi connectivity index (χ0) is 16.4. The average Bonchev–Trinajstić information content (AvgIpc) is 3.12. The lowest BCUT2D eigenvalue weighted by Crippen LogP contribution is -2.18. The van der Waals surface area contributed by atoms with Gasteiger partial charge in [0, 0.05) is 7.05 Å². The minimum absolute atomic E-state index is 0.0402. The molecule has 2 heterocycles. The molecule has 2 amide bonds. The van der Waals surface area contributed by atoms with E-state index in [-0.39, 0.29) is 24.8 Å². The maximum atomic E-state index is 12.2. The third-order valence-corrected chi connectivity index (χ3v) is 4.12. The van der Waals surface area contributed by atoms with Gasteiger partial charge in [0.05, 0.1) is 6.42 Å². The van der Waals surface area contributed by atoms with Gasteiger partial charge in [0.25, 0.3) is 5.91 Å². The first-order valence-corrected chi connectivity index (χ1v) is 7.55. The molecular weight excluding hydrogens is 320 g/mol. The standard InChI is InChI=1S/C14H14N4O4S/c1-16-14-18-11(12(15)20)13(23-14)17-10(19)5-7-2-3-8-9(4-7)22-6-21-8/h2-4H,5-6H2,1H3,(H2,15,20)(H,16,18)(H,17,19). The Kier molecular flexibility index (Phi) is 4.02. The first kappa shape index (κ1) is 15.1. The lowest BCUT2D eigenvalue weighted by atomic mass is 10.1. The summed E-state index contributed by atoms with van der Waals surface area (Å²) in [5.74, 6) is 0.300. The van der Waals surface area contributed by atoms with E-state index in [1.54, 1.807) is 25.2 Å². The summed E-state index contributed by atoms with van der Waals surface area (Å²) < 4.78 is 10.5. The highest BCUT2D eigenvalue weighted by atomic mass is 32.1. The van der Waals surface area contributed by atoms with Crippen molar-refractivity contribution in [2.75, 3.05) is 24.5 Å². The number of primary amides is 1. The van der Waals surface area contributed by atoms with Crippen LogP contribution < -0.4 is 25.8 Å². The van der Waals surface area contributed by atoms with Crippen molar-refractivity contribution in [1.82, 2.24) is 4.98 Å². The molecule has 0 bridgehead atoms. The number of carbonyl (C=O) groups excluding carboxylic acids is 2. The Labute approximate surface area is 135 Å². The molecule has 0 radical (unpaired) electrons. The van der Waals surface area contributed by atoms with Gasteiger partial charge in [-0.1, -0.05) is 17.4 Å². The fraction of sp³-hybridized carbons (Fsp3) is 0.214. The molecule has 0 saturated carbocycles. The molecule has 1 aromatic heterocycles. The van der Waals surface area contributed by atoms with E-state index in [9.17, 15) is 9.59 Å². The summed E-state index contributed by atoms with van der Waals surface area (Å²) in [7, 11) is 1.67. The average molecular weight is 334 g/mol. The fourth-order valence-electron chi connectivity index (χ4n) is 2.09. The number of fused-ring (bicyclic) bond motifs is 1. The molecule has 9 heteroatoms. The van der Waals surface area contributed by atoms with Gasteiger partial charge in [-0.2, -0.15) is 0 Å². The highest BCUT2D eigenvalue weighted by Gasteiger charge is 2.19. The van der Waals surface area contributed by atoms with Crippen molar-refractivity contribution in [2.45, 2.75) is 6.42 Å². The minimum Gasteiger partial charge on any atom is -0.454 e. The second-order valence-corrected chi connectivity index (χ2v) is 5.72. The Morgan fingerprint density at radius 2 is 2.13 bits per heavy atom. The second-order valence-electron chi connectivity index (χ2n) is 4.72. The Morgan fingerprint density at radius 3 is 2.87 bits per heavy atom. The van der Waals surface area contributed by atoms with E-state index in [1.165, 1.54) is 0 Å². The van der Waals surface area contributed by atoms with E-state index in [0.29, 0.717) is 21.6 Å². The Balaban J connectivity index is 1.72. The van der Waals surface area contributed by atoms with Crippen LogP contribution in [0.1, 0.15) is 16.1 Å². The molecule has 3 rings (SSSR count). The molecule has 23 heavy (non-hydrogen) atoms. The number of nitrogens with one attached hydrogen (secondary N) is 2. The molecule has 120 valence electrons. The number of amides is 2. The third kappa shape index (κ3) is 3.19. The van der Waals surface area contributed by atoms with Gasteiger partial charge >= 0.3 is 0 Å². The largest absolute Gasteiger partial charge is 0.454 e.